The van der Waals surface area contributed by atoms with Gasteiger partial charge in [0.25, 0.3) is 0 Å². The molecule has 0 aliphatic heterocycles. The molecule has 12 heavy (non-hydrogen) atoms. The normalized spacial score (nSPS) is 31.2. The van der Waals surface area contributed by atoms with E-state index in [1.54, 1.807) is 0 Å². The molecule has 0 aromatic heterocycles. The molecule has 0 amide bonds. The van der Waals surface area contributed by atoms with E-state index in [0.717, 1.165) is 17.8 Å². The van der Waals surface area contributed by atoms with E-state index in [9.17, 15) is 0 Å². The first-order chi connectivity index (χ1) is 5.65. The van der Waals surface area contributed by atoms with Crippen molar-refractivity contribution in [1.82, 2.24) is 0 Å². The van der Waals surface area contributed by atoms with Crippen molar-refractivity contribution in [2.45, 2.75) is 46.5 Å². The van der Waals surface area contributed by atoms with Gasteiger partial charge >= 0.3 is 0 Å². The molecule has 0 heteroatoms. The first kappa shape index (κ1) is 9.83. The molecule has 1 saturated carbocycles. The third kappa shape index (κ3) is 2.12. The maximum Gasteiger partial charge on any atom is -0.0206 e. The molecule has 2 unspecified atom stereocenters. The summed E-state index contributed by atoms with van der Waals surface area (Å²) < 4.78 is 0. The third-order valence-corrected chi connectivity index (χ3v) is 3.44. The topological polar surface area (TPSA) is 0 Å². The molecule has 0 spiro atoms. The number of allylic oxidation sites excluding steroid dienone is 1. The summed E-state index contributed by atoms with van der Waals surface area (Å²) in [6, 6.07) is 0. The zero-order valence-electron chi connectivity index (χ0n) is 8.77. The molecule has 0 aromatic rings. The molecule has 0 aromatic carbocycles. The Bertz CT molecular complexity index is 155. The predicted molar refractivity (Wildman–Crippen MR) is 55.1 cm³/mol. The van der Waals surface area contributed by atoms with Gasteiger partial charge in [0.15, 0.2) is 0 Å². The smallest absolute Gasteiger partial charge is 0.0206 e. The summed E-state index contributed by atoms with van der Waals surface area (Å²) in [5, 5.41) is 0. The van der Waals surface area contributed by atoms with Crippen molar-refractivity contribution in [3.8, 4) is 0 Å². The Kier molecular flexibility index (Phi) is 3.37. The minimum absolute atomic E-state index is 0.825. The molecule has 0 radical (unpaired) electrons. The van der Waals surface area contributed by atoms with Gasteiger partial charge in [-0.1, -0.05) is 32.9 Å². The van der Waals surface area contributed by atoms with E-state index in [0.29, 0.717) is 0 Å². The maximum atomic E-state index is 4.16. The van der Waals surface area contributed by atoms with Crippen LogP contribution in [0, 0.1) is 17.8 Å². The minimum atomic E-state index is 0.825. The Balaban J connectivity index is 2.49. The molecule has 0 N–H and O–H groups in total. The number of rotatable bonds is 2. The lowest BCUT2D eigenvalue weighted by Gasteiger charge is -2.32. The fourth-order valence-electron chi connectivity index (χ4n) is 2.29. The van der Waals surface area contributed by atoms with E-state index >= 15 is 0 Å². The highest BCUT2D eigenvalue weighted by Crippen LogP contribution is 2.37. The van der Waals surface area contributed by atoms with Crippen LogP contribution in [0.1, 0.15) is 46.5 Å². The molecule has 0 nitrogen and oxygen atoms in total. The number of hydrogen-bond acceptors (Lipinski definition) is 0. The van der Waals surface area contributed by atoms with E-state index in [4.69, 9.17) is 0 Å². The molecule has 0 heterocycles. The predicted octanol–water partition coefficient (Wildman–Crippen LogP) is 4.02. The van der Waals surface area contributed by atoms with Crippen LogP contribution in [0.25, 0.3) is 0 Å². The van der Waals surface area contributed by atoms with Crippen molar-refractivity contribution in [2.24, 2.45) is 17.8 Å². The van der Waals surface area contributed by atoms with E-state index in [1.807, 2.05) is 0 Å². The summed E-state index contributed by atoms with van der Waals surface area (Å²) in [6.07, 6.45) is 5.35. The van der Waals surface area contributed by atoms with Crippen LogP contribution in [0.2, 0.25) is 0 Å². The van der Waals surface area contributed by atoms with Gasteiger partial charge in [0, 0.05) is 0 Å². The van der Waals surface area contributed by atoms with Gasteiger partial charge in [-0.15, -0.1) is 0 Å². The molecule has 1 fully saturated rings. The second-order valence-electron chi connectivity index (χ2n) is 4.54. The van der Waals surface area contributed by atoms with Crippen LogP contribution < -0.4 is 0 Å². The lowest BCUT2D eigenvalue weighted by atomic mass is 9.73. The Labute approximate surface area is 77.1 Å². The zero-order valence-corrected chi connectivity index (χ0v) is 8.77. The average molecular weight is 166 g/mol. The summed E-state index contributed by atoms with van der Waals surface area (Å²) in [5.41, 5.74) is 1.51. The van der Waals surface area contributed by atoms with Crippen molar-refractivity contribution >= 4 is 0 Å². The summed E-state index contributed by atoms with van der Waals surface area (Å²) in [5.74, 6) is 2.65. The fraction of sp³-hybridized carbons (Fsp3) is 0.833. The highest BCUT2D eigenvalue weighted by molar-refractivity contribution is 5.04. The summed E-state index contributed by atoms with van der Waals surface area (Å²) in [7, 11) is 0. The standard InChI is InChI=1S/C12H22/c1-5-11-8-12(9(2)3)7-6-10(11)4/h9,11-12H,4-8H2,1-3H3. The maximum absolute atomic E-state index is 4.16. The highest BCUT2D eigenvalue weighted by Gasteiger charge is 2.24. The van der Waals surface area contributed by atoms with Crippen molar-refractivity contribution in [3.63, 3.8) is 0 Å². The van der Waals surface area contributed by atoms with E-state index < -0.39 is 0 Å². The third-order valence-electron chi connectivity index (χ3n) is 3.44. The Morgan fingerprint density at radius 2 is 2.17 bits per heavy atom. The van der Waals surface area contributed by atoms with Gasteiger partial charge in [0.05, 0.1) is 0 Å². The first-order valence-corrected chi connectivity index (χ1v) is 5.32. The summed E-state index contributed by atoms with van der Waals surface area (Å²) >= 11 is 0. The van der Waals surface area contributed by atoms with Crippen molar-refractivity contribution in [2.75, 3.05) is 0 Å². The van der Waals surface area contributed by atoms with E-state index in [-0.39, 0.29) is 0 Å². The van der Waals surface area contributed by atoms with Crippen LogP contribution in [-0.2, 0) is 0 Å². The summed E-state index contributed by atoms with van der Waals surface area (Å²) in [6.45, 7) is 11.2. The van der Waals surface area contributed by atoms with Crippen molar-refractivity contribution < 1.29 is 0 Å². The van der Waals surface area contributed by atoms with Gasteiger partial charge in [-0.2, -0.15) is 0 Å². The van der Waals surface area contributed by atoms with E-state index in [2.05, 4.69) is 27.4 Å². The van der Waals surface area contributed by atoms with Gasteiger partial charge in [-0.3, -0.25) is 0 Å². The second-order valence-corrected chi connectivity index (χ2v) is 4.54. The monoisotopic (exact) mass is 166 g/mol. The lowest BCUT2D eigenvalue weighted by molar-refractivity contribution is 0.258. The SMILES string of the molecule is C=C1CCC(C(C)C)CC1CC. The van der Waals surface area contributed by atoms with Gasteiger partial charge in [-0.05, 0) is 43.4 Å². The van der Waals surface area contributed by atoms with Crippen molar-refractivity contribution in [3.05, 3.63) is 12.2 Å². The zero-order chi connectivity index (χ0) is 9.14. The molecule has 0 bridgehead atoms. The molecular formula is C12H22. The van der Waals surface area contributed by atoms with Crippen LogP contribution in [0.4, 0.5) is 0 Å². The lowest BCUT2D eigenvalue weighted by Crippen LogP contribution is -2.20. The Morgan fingerprint density at radius 1 is 1.50 bits per heavy atom. The quantitative estimate of drug-likeness (QED) is 0.543. The average Bonchev–Trinajstić information content (AvgIpc) is 2.05. The first-order valence-electron chi connectivity index (χ1n) is 5.32. The minimum Gasteiger partial charge on any atom is -0.0996 e. The second kappa shape index (κ2) is 4.11. The molecule has 1 aliphatic carbocycles. The molecule has 1 aliphatic rings. The molecule has 1 rings (SSSR count). The van der Waals surface area contributed by atoms with Gasteiger partial charge in [-0.25, -0.2) is 0 Å². The summed E-state index contributed by atoms with van der Waals surface area (Å²) in [4.78, 5) is 0. The fourth-order valence-corrected chi connectivity index (χ4v) is 2.29. The van der Waals surface area contributed by atoms with Crippen LogP contribution in [0.3, 0.4) is 0 Å². The number of hydrogen-bond donors (Lipinski definition) is 0. The van der Waals surface area contributed by atoms with Gasteiger partial charge in [0.2, 0.25) is 0 Å². The highest BCUT2D eigenvalue weighted by atomic mass is 14.3. The van der Waals surface area contributed by atoms with Crippen LogP contribution >= 0.6 is 0 Å². The molecule has 0 saturated heterocycles. The Morgan fingerprint density at radius 3 is 2.67 bits per heavy atom. The largest absolute Gasteiger partial charge is 0.0996 e. The van der Waals surface area contributed by atoms with Crippen LogP contribution in [0.15, 0.2) is 12.2 Å². The van der Waals surface area contributed by atoms with E-state index in [1.165, 1.54) is 31.3 Å². The van der Waals surface area contributed by atoms with Crippen LogP contribution in [0.5, 0.6) is 0 Å². The molecular weight excluding hydrogens is 144 g/mol. The molecule has 70 valence electrons. The van der Waals surface area contributed by atoms with Crippen LogP contribution in [-0.4, -0.2) is 0 Å². The molecule has 2 atom stereocenters. The van der Waals surface area contributed by atoms with Gasteiger partial charge in [0.1, 0.15) is 0 Å². The van der Waals surface area contributed by atoms with Crippen molar-refractivity contribution in [1.29, 1.82) is 0 Å². The van der Waals surface area contributed by atoms with Gasteiger partial charge < -0.3 is 0 Å². The Hall–Kier alpha value is -0.260.